The molecule has 0 spiro atoms. The monoisotopic (exact) mass is 287 g/mol. The lowest BCUT2D eigenvalue weighted by atomic mass is 9.87. The third-order valence-electron chi connectivity index (χ3n) is 4.00. The van der Waals surface area contributed by atoms with Gasteiger partial charge in [0.15, 0.2) is 0 Å². The van der Waals surface area contributed by atoms with Gasteiger partial charge in [0, 0.05) is 18.4 Å². The van der Waals surface area contributed by atoms with Crippen LogP contribution in [-0.4, -0.2) is 32.6 Å². The molecule has 1 aliphatic rings. The fraction of sp³-hybridized carbons (Fsp3) is 0.500. The Morgan fingerprint density at radius 3 is 3.00 bits per heavy atom. The van der Waals surface area contributed by atoms with E-state index < -0.39 is 6.10 Å². The molecule has 0 bridgehead atoms. The molecule has 1 aliphatic heterocycles. The van der Waals surface area contributed by atoms with Gasteiger partial charge in [-0.25, -0.2) is 9.67 Å². The molecule has 112 valence electrons. The lowest BCUT2D eigenvalue weighted by Gasteiger charge is -2.29. The maximum absolute atomic E-state index is 10.7. The molecular weight excluding hydrogens is 266 g/mol. The number of aliphatic hydroxyl groups excluding tert-OH is 1. The quantitative estimate of drug-likeness (QED) is 0.937. The van der Waals surface area contributed by atoms with Crippen molar-refractivity contribution in [1.82, 2.24) is 14.8 Å². The van der Waals surface area contributed by atoms with E-state index in [1.165, 1.54) is 0 Å². The number of rotatable bonds is 4. The lowest BCUT2D eigenvalue weighted by Crippen LogP contribution is -2.28. The number of nitrogens with zero attached hydrogens (tertiary/aromatic N) is 3. The predicted octanol–water partition coefficient (Wildman–Crippen LogP) is 2.33. The van der Waals surface area contributed by atoms with E-state index in [-0.39, 0.29) is 12.0 Å². The Kier molecular flexibility index (Phi) is 3.92. The van der Waals surface area contributed by atoms with Crippen molar-refractivity contribution in [2.24, 2.45) is 0 Å². The first-order chi connectivity index (χ1) is 10.2. The molecule has 5 nitrogen and oxygen atoms in total. The van der Waals surface area contributed by atoms with Crippen molar-refractivity contribution >= 4 is 0 Å². The lowest BCUT2D eigenvalue weighted by molar-refractivity contribution is 0.113. The van der Waals surface area contributed by atoms with Crippen LogP contribution in [0, 0.1) is 0 Å². The highest BCUT2D eigenvalue weighted by atomic mass is 16.5. The van der Waals surface area contributed by atoms with Crippen LogP contribution >= 0.6 is 0 Å². The fourth-order valence-electron chi connectivity index (χ4n) is 2.95. The molecular formula is C16H21N3O2. The molecule has 1 aromatic carbocycles. The molecule has 2 heterocycles. The molecule has 0 aliphatic carbocycles. The zero-order valence-electron chi connectivity index (χ0n) is 12.4. The van der Waals surface area contributed by atoms with E-state index in [1.807, 2.05) is 28.9 Å². The van der Waals surface area contributed by atoms with Gasteiger partial charge >= 0.3 is 0 Å². The van der Waals surface area contributed by atoms with Gasteiger partial charge in [0.25, 0.3) is 0 Å². The van der Waals surface area contributed by atoms with Gasteiger partial charge in [-0.2, -0.15) is 5.10 Å². The summed E-state index contributed by atoms with van der Waals surface area (Å²) in [6.07, 6.45) is 2.42. The van der Waals surface area contributed by atoms with Gasteiger partial charge in [0.05, 0.1) is 12.7 Å². The number of aromatic nitrogens is 3. The van der Waals surface area contributed by atoms with E-state index >= 15 is 0 Å². The summed E-state index contributed by atoms with van der Waals surface area (Å²) in [5, 5.41) is 14.9. The van der Waals surface area contributed by atoms with Crippen molar-refractivity contribution in [3.05, 3.63) is 42.0 Å². The number of fused-ring (bicyclic) bond motifs is 1. The maximum atomic E-state index is 10.7. The normalized spacial score (nSPS) is 19.1. The van der Waals surface area contributed by atoms with Gasteiger partial charge in [-0.3, -0.25) is 0 Å². The maximum Gasteiger partial charge on any atom is 0.138 e. The third kappa shape index (κ3) is 2.78. The molecule has 0 amide bonds. The second-order valence-electron chi connectivity index (χ2n) is 5.77. The molecule has 3 rings (SSSR count). The Balaban J connectivity index is 1.80. The first kappa shape index (κ1) is 14.1. The number of hydrogen-bond acceptors (Lipinski definition) is 4. The van der Waals surface area contributed by atoms with Crippen LogP contribution in [-0.2, 0) is 6.42 Å². The Morgan fingerprint density at radius 1 is 1.38 bits per heavy atom. The SMILES string of the molecule is CC(C)n1ncnc1CC(O)C1CCOc2ccccc21. The van der Waals surface area contributed by atoms with Crippen molar-refractivity contribution in [1.29, 1.82) is 0 Å². The van der Waals surface area contributed by atoms with Gasteiger partial charge in [-0.05, 0) is 31.9 Å². The van der Waals surface area contributed by atoms with Crippen LogP contribution in [0.25, 0.3) is 0 Å². The van der Waals surface area contributed by atoms with E-state index in [2.05, 4.69) is 23.9 Å². The van der Waals surface area contributed by atoms with E-state index in [0.717, 1.165) is 23.6 Å². The number of ether oxygens (including phenoxy) is 1. The van der Waals surface area contributed by atoms with E-state index in [4.69, 9.17) is 4.74 Å². The zero-order chi connectivity index (χ0) is 14.8. The molecule has 1 aromatic heterocycles. The Bertz CT molecular complexity index is 609. The molecule has 2 aromatic rings. The third-order valence-corrected chi connectivity index (χ3v) is 4.00. The molecule has 5 heteroatoms. The molecule has 0 radical (unpaired) electrons. The summed E-state index contributed by atoms with van der Waals surface area (Å²) in [6, 6.07) is 8.20. The Labute approximate surface area is 124 Å². The highest BCUT2D eigenvalue weighted by Gasteiger charge is 2.28. The molecule has 0 saturated carbocycles. The Hall–Kier alpha value is -1.88. The topological polar surface area (TPSA) is 60.2 Å². The van der Waals surface area contributed by atoms with Crippen molar-refractivity contribution in [3.63, 3.8) is 0 Å². The van der Waals surface area contributed by atoms with Gasteiger partial charge < -0.3 is 9.84 Å². The van der Waals surface area contributed by atoms with Crippen LogP contribution in [0.3, 0.4) is 0 Å². The van der Waals surface area contributed by atoms with Crippen molar-refractivity contribution in [2.45, 2.75) is 44.8 Å². The minimum Gasteiger partial charge on any atom is -0.493 e. The highest BCUT2D eigenvalue weighted by Crippen LogP contribution is 2.36. The van der Waals surface area contributed by atoms with E-state index in [0.29, 0.717) is 13.0 Å². The van der Waals surface area contributed by atoms with Crippen molar-refractivity contribution < 1.29 is 9.84 Å². The highest BCUT2D eigenvalue weighted by molar-refractivity contribution is 5.38. The summed E-state index contributed by atoms with van der Waals surface area (Å²) in [7, 11) is 0. The van der Waals surface area contributed by atoms with Gasteiger partial charge in [0.1, 0.15) is 17.9 Å². The minimum absolute atomic E-state index is 0.0901. The predicted molar refractivity (Wildman–Crippen MR) is 79.4 cm³/mol. The molecule has 2 atom stereocenters. The van der Waals surface area contributed by atoms with Crippen LogP contribution < -0.4 is 4.74 Å². The first-order valence-electron chi connectivity index (χ1n) is 7.45. The Morgan fingerprint density at radius 2 is 2.19 bits per heavy atom. The van der Waals surface area contributed by atoms with Gasteiger partial charge in [-0.1, -0.05) is 18.2 Å². The average molecular weight is 287 g/mol. The minimum atomic E-state index is -0.475. The largest absolute Gasteiger partial charge is 0.493 e. The van der Waals surface area contributed by atoms with Crippen molar-refractivity contribution in [3.8, 4) is 5.75 Å². The summed E-state index contributed by atoms with van der Waals surface area (Å²) < 4.78 is 7.53. The smallest absolute Gasteiger partial charge is 0.138 e. The number of aliphatic hydroxyl groups is 1. The number of para-hydroxylation sites is 1. The first-order valence-corrected chi connectivity index (χ1v) is 7.45. The molecule has 21 heavy (non-hydrogen) atoms. The van der Waals surface area contributed by atoms with E-state index in [1.54, 1.807) is 6.33 Å². The summed E-state index contributed by atoms with van der Waals surface area (Å²) in [6.45, 7) is 4.78. The summed E-state index contributed by atoms with van der Waals surface area (Å²) in [5.41, 5.74) is 1.09. The van der Waals surface area contributed by atoms with Crippen LogP contribution in [0.2, 0.25) is 0 Å². The summed E-state index contributed by atoms with van der Waals surface area (Å²) in [4.78, 5) is 4.29. The van der Waals surface area contributed by atoms with Gasteiger partial charge in [-0.15, -0.1) is 0 Å². The van der Waals surface area contributed by atoms with Gasteiger partial charge in [0.2, 0.25) is 0 Å². The van der Waals surface area contributed by atoms with Crippen LogP contribution in [0.4, 0.5) is 0 Å². The molecule has 0 fully saturated rings. The molecule has 1 N–H and O–H groups in total. The second-order valence-corrected chi connectivity index (χ2v) is 5.77. The summed E-state index contributed by atoms with van der Waals surface area (Å²) >= 11 is 0. The van der Waals surface area contributed by atoms with Crippen LogP contribution in [0.5, 0.6) is 5.75 Å². The standard InChI is InChI=1S/C16H21N3O2/c1-11(2)19-16(17-10-18-19)9-14(20)12-7-8-21-15-6-4-3-5-13(12)15/h3-6,10-12,14,20H,7-9H2,1-2H3. The van der Waals surface area contributed by atoms with Crippen LogP contribution in [0.15, 0.2) is 30.6 Å². The average Bonchev–Trinajstić information content (AvgIpc) is 2.95. The number of hydrogen-bond donors (Lipinski definition) is 1. The van der Waals surface area contributed by atoms with E-state index in [9.17, 15) is 5.11 Å². The molecule has 0 saturated heterocycles. The zero-order valence-corrected chi connectivity index (χ0v) is 12.4. The van der Waals surface area contributed by atoms with Crippen LogP contribution in [0.1, 0.15) is 43.6 Å². The number of benzene rings is 1. The van der Waals surface area contributed by atoms with Crippen molar-refractivity contribution in [2.75, 3.05) is 6.61 Å². The summed E-state index contributed by atoms with van der Waals surface area (Å²) in [5.74, 6) is 1.81. The molecule has 2 unspecified atom stereocenters. The second kappa shape index (κ2) is 5.85. The fourth-order valence-corrected chi connectivity index (χ4v) is 2.95.